The molecule has 0 radical (unpaired) electrons. The van der Waals surface area contributed by atoms with Crippen molar-refractivity contribution >= 4 is 0 Å². The molecule has 0 amide bonds. The Hall–Kier alpha value is -1.04. The molecule has 0 fully saturated rings. The number of quaternary nitrogens is 1. The smallest absolute Gasteiger partial charge is 0.149 e. The lowest BCUT2D eigenvalue weighted by Gasteiger charge is -2.11. The van der Waals surface area contributed by atoms with Crippen molar-refractivity contribution in [2.24, 2.45) is 0 Å². The fraction of sp³-hybridized carbons (Fsp3) is 0.733. The van der Waals surface area contributed by atoms with E-state index < -0.39 is 0 Å². The third kappa shape index (κ3) is 11.8. The predicted molar refractivity (Wildman–Crippen MR) is 75.7 cm³/mol. The standard InChI is InChI=1S/C15H25NO3/c1-5-16(6-2)11-9-10-15(3)19-14-18-13-8-7-12-17-4/h15H,5-6,11-14H2,1-4H3/p+1/t15-/m0/s1. The van der Waals surface area contributed by atoms with Crippen LogP contribution in [0.2, 0.25) is 0 Å². The van der Waals surface area contributed by atoms with Crippen molar-refractivity contribution in [3.05, 3.63) is 0 Å². The first-order valence-electron chi connectivity index (χ1n) is 6.70. The Morgan fingerprint density at radius 3 is 2.37 bits per heavy atom. The molecular formula is C15H26NO3+. The molecule has 0 bridgehead atoms. The van der Waals surface area contributed by atoms with E-state index in [4.69, 9.17) is 14.2 Å². The first kappa shape index (κ1) is 18.0. The second-order valence-corrected chi connectivity index (χ2v) is 4.02. The highest BCUT2D eigenvalue weighted by Gasteiger charge is 1.99. The van der Waals surface area contributed by atoms with Crippen molar-refractivity contribution in [1.29, 1.82) is 0 Å². The van der Waals surface area contributed by atoms with E-state index in [1.54, 1.807) is 7.11 Å². The van der Waals surface area contributed by atoms with Crippen LogP contribution in [0, 0.1) is 23.7 Å². The van der Waals surface area contributed by atoms with Gasteiger partial charge in [-0.3, -0.25) is 0 Å². The second kappa shape index (κ2) is 13.4. The van der Waals surface area contributed by atoms with Crippen LogP contribution in [0.5, 0.6) is 0 Å². The van der Waals surface area contributed by atoms with Gasteiger partial charge in [0.1, 0.15) is 32.7 Å². The number of nitrogens with one attached hydrogen (secondary N) is 1. The molecular weight excluding hydrogens is 242 g/mol. The Kier molecular flexibility index (Phi) is 12.7. The van der Waals surface area contributed by atoms with Gasteiger partial charge < -0.3 is 19.1 Å². The summed E-state index contributed by atoms with van der Waals surface area (Å²) < 4.78 is 15.4. The predicted octanol–water partition coefficient (Wildman–Crippen LogP) is -0.0565. The minimum absolute atomic E-state index is 0.109. The van der Waals surface area contributed by atoms with Crippen LogP contribution in [0.15, 0.2) is 0 Å². The van der Waals surface area contributed by atoms with E-state index >= 15 is 0 Å². The molecule has 0 spiro atoms. The number of hydrogen-bond donors (Lipinski definition) is 1. The molecule has 0 aliphatic carbocycles. The number of ether oxygens (including phenoxy) is 3. The first-order valence-corrected chi connectivity index (χ1v) is 6.70. The summed E-state index contributed by atoms with van der Waals surface area (Å²) >= 11 is 0. The number of hydrogen-bond acceptors (Lipinski definition) is 3. The van der Waals surface area contributed by atoms with Crippen molar-refractivity contribution in [3.63, 3.8) is 0 Å². The zero-order valence-electron chi connectivity index (χ0n) is 12.5. The summed E-state index contributed by atoms with van der Waals surface area (Å²) in [6, 6.07) is 0. The molecule has 0 aromatic heterocycles. The fourth-order valence-electron chi connectivity index (χ4n) is 1.28. The molecule has 0 aliphatic rings. The molecule has 0 aromatic carbocycles. The average molecular weight is 268 g/mol. The van der Waals surface area contributed by atoms with Gasteiger partial charge in [-0.05, 0) is 26.7 Å². The maximum atomic E-state index is 5.39. The topological polar surface area (TPSA) is 32.1 Å². The highest BCUT2D eigenvalue weighted by molar-refractivity contribution is 5.03. The highest BCUT2D eigenvalue weighted by atomic mass is 16.7. The van der Waals surface area contributed by atoms with Crippen molar-refractivity contribution in [2.45, 2.75) is 26.9 Å². The molecule has 0 aliphatic heterocycles. The number of rotatable bonds is 8. The molecule has 0 rings (SSSR count). The summed E-state index contributed by atoms with van der Waals surface area (Å²) in [5.74, 6) is 11.8. The molecule has 108 valence electrons. The fourth-order valence-corrected chi connectivity index (χ4v) is 1.28. The van der Waals surface area contributed by atoms with E-state index in [0.717, 1.165) is 19.6 Å². The Morgan fingerprint density at radius 2 is 1.74 bits per heavy atom. The van der Waals surface area contributed by atoms with Crippen molar-refractivity contribution in [1.82, 2.24) is 0 Å². The SMILES string of the molecule is CC[NH+](CC)CC#C[C@H](C)OCOCC#CCOC. The lowest BCUT2D eigenvalue weighted by molar-refractivity contribution is -0.889. The van der Waals surface area contributed by atoms with Gasteiger partial charge >= 0.3 is 0 Å². The Labute approximate surface area is 117 Å². The van der Waals surface area contributed by atoms with Crippen LogP contribution in [0.1, 0.15) is 20.8 Å². The summed E-state index contributed by atoms with van der Waals surface area (Å²) in [6.45, 7) is 10.3. The van der Waals surface area contributed by atoms with Gasteiger partial charge in [-0.1, -0.05) is 17.8 Å². The van der Waals surface area contributed by atoms with Gasteiger partial charge in [-0.2, -0.15) is 0 Å². The van der Waals surface area contributed by atoms with Crippen molar-refractivity contribution < 1.29 is 19.1 Å². The largest absolute Gasteiger partial charge is 0.372 e. The van der Waals surface area contributed by atoms with Gasteiger partial charge in [0.05, 0.1) is 13.1 Å². The second-order valence-electron chi connectivity index (χ2n) is 4.02. The Bertz CT molecular complexity index is 318. The highest BCUT2D eigenvalue weighted by Crippen LogP contribution is 1.88. The van der Waals surface area contributed by atoms with Gasteiger partial charge in [0.2, 0.25) is 0 Å². The summed E-state index contributed by atoms with van der Waals surface area (Å²) in [7, 11) is 1.61. The van der Waals surface area contributed by atoms with E-state index in [2.05, 4.69) is 37.5 Å². The summed E-state index contributed by atoms with van der Waals surface area (Å²) in [5, 5.41) is 0. The molecule has 0 unspecified atom stereocenters. The van der Waals surface area contributed by atoms with Crippen LogP contribution >= 0.6 is 0 Å². The monoisotopic (exact) mass is 268 g/mol. The van der Waals surface area contributed by atoms with E-state index in [1.165, 1.54) is 4.90 Å². The quantitative estimate of drug-likeness (QED) is 0.380. The lowest BCUT2D eigenvalue weighted by Crippen LogP contribution is -3.11. The lowest BCUT2D eigenvalue weighted by atomic mass is 10.4. The van der Waals surface area contributed by atoms with E-state index in [-0.39, 0.29) is 12.9 Å². The van der Waals surface area contributed by atoms with E-state index in [0.29, 0.717) is 13.2 Å². The summed E-state index contributed by atoms with van der Waals surface area (Å²) in [4.78, 5) is 1.48. The third-order valence-corrected chi connectivity index (χ3v) is 2.56. The molecule has 4 nitrogen and oxygen atoms in total. The number of methoxy groups -OCH3 is 1. The van der Waals surface area contributed by atoms with Gasteiger partial charge in [0.15, 0.2) is 0 Å². The Balaban J connectivity index is 3.62. The normalized spacial score (nSPS) is 11.4. The van der Waals surface area contributed by atoms with Gasteiger partial charge in [0.25, 0.3) is 0 Å². The first-order chi connectivity index (χ1) is 9.24. The van der Waals surface area contributed by atoms with Crippen LogP contribution in [-0.2, 0) is 14.2 Å². The molecule has 0 heterocycles. The van der Waals surface area contributed by atoms with Crippen molar-refractivity contribution in [2.75, 3.05) is 46.8 Å². The van der Waals surface area contributed by atoms with Crippen molar-refractivity contribution in [3.8, 4) is 23.7 Å². The Morgan fingerprint density at radius 1 is 1.05 bits per heavy atom. The molecule has 1 N–H and O–H groups in total. The molecule has 0 aromatic rings. The van der Waals surface area contributed by atoms with Gasteiger partial charge in [-0.15, -0.1) is 0 Å². The van der Waals surface area contributed by atoms with Gasteiger partial charge in [-0.25, -0.2) is 0 Å². The van der Waals surface area contributed by atoms with Crippen LogP contribution in [-0.4, -0.2) is 52.9 Å². The maximum Gasteiger partial charge on any atom is 0.149 e. The summed E-state index contributed by atoms with van der Waals surface area (Å²) in [5.41, 5.74) is 0. The molecule has 0 saturated heterocycles. The minimum Gasteiger partial charge on any atom is -0.372 e. The van der Waals surface area contributed by atoms with Crippen LogP contribution in [0.25, 0.3) is 0 Å². The molecule has 0 saturated carbocycles. The zero-order valence-corrected chi connectivity index (χ0v) is 12.5. The maximum absolute atomic E-state index is 5.39. The third-order valence-electron chi connectivity index (χ3n) is 2.56. The van der Waals surface area contributed by atoms with Crippen LogP contribution < -0.4 is 4.90 Å². The summed E-state index contributed by atoms with van der Waals surface area (Å²) in [6.07, 6.45) is -0.109. The molecule has 19 heavy (non-hydrogen) atoms. The average Bonchev–Trinajstić information content (AvgIpc) is 2.42. The molecule has 1 atom stereocenters. The molecule has 4 heteroatoms. The van der Waals surface area contributed by atoms with E-state index in [1.807, 2.05) is 6.92 Å². The zero-order chi connectivity index (χ0) is 14.3. The van der Waals surface area contributed by atoms with Crippen LogP contribution in [0.4, 0.5) is 0 Å². The minimum atomic E-state index is -0.109. The van der Waals surface area contributed by atoms with E-state index in [9.17, 15) is 0 Å². The van der Waals surface area contributed by atoms with Gasteiger partial charge in [0, 0.05) is 7.11 Å². The van der Waals surface area contributed by atoms with Crippen LogP contribution in [0.3, 0.4) is 0 Å².